The molecule has 24 heavy (non-hydrogen) atoms. The molecule has 0 aliphatic carbocycles. The molecule has 1 aliphatic rings. The van der Waals surface area contributed by atoms with Gasteiger partial charge in [-0.25, -0.2) is 4.68 Å². The van der Waals surface area contributed by atoms with Crippen molar-refractivity contribution in [2.45, 2.75) is 39.3 Å². The molecule has 2 aromatic rings. The number of hydrogen-bond donors (Lipinski definition) is 1. The van der Waals surface area contributed by atoms with E-state index in [9.17, 15) is 9.59 Å². The van der Waals surface area contributed by atoms with E-state index >= 15 is 0 Å². The van der Waals surface area contributed by atoms with Crippen molar-refractivity contribution in [1.29, 1.82) is 0 Å². The van der Waals surface area contributed by atoms with Crippen molar-refractivity contribution < 1.29 is 9.59 Å². The van der Waals surface area contributed by atoms with Gasteiger partial charge in [-0.05, 0) is 24.5 Å². The topological polar surface area (TPSA) is 80.1 Å². The number of rotatable bonds is 6. The van der Waals surface area contributed by atoms with E-state index in [-0.39, 0.29) is 30.3 Å². The van der Waals surface area contributed by atoms with Gasteiger partial charge >= 0.3 is 0 Å². The van der Waals surface area contributed by atoms with Crippen molar-refractivity contribution in [3.63, 3.8) is 0 Å². The second-order valence-electron chi connectivity index (χ2n) is 6.60. The molecule has 128 valence electrons. The van der Waals surface area contributed by atoms with Gasteiger partial charge in [0.05, 0.1) is 24.6 Å². The largest absolute Gasteiger partial charge is 0.350 e. The smallest absolute Gasteiger partial charge is 0.239 e. The van der Waals surface area contributed by atoms with Crippen LogP contribution in [0, 0.1) is 5.92 Å². The summed E-state index contributed by atoms with van der Waals surface area (Å²) in [6, 6.07) is 7.69. The number of likely N-dealkylation sites (tertiary alicyclic amines) is 1. The lowest BCUT2D eigenvalue weighted by atomic mass is 10.0. The number of para-hydroxylation sites is 1. The molecule has 0 saturated carbocycles. The Balaban J connectivity index is 1.66. The van der Waals surface area contributed by atoms with Gasteiger partial charge in [-0.2, -0.15) is 0 Å². The van der Waals surface area contributed by atoms with Gasteiger partial charge in [-0.15, -0.1) is 5.10 Å². The standard InChI is InChI=1S/C17H23N5O2/c1-12(2)14(18-16(23)11-21-9-5-8-17(21)24)10-22-15-7-4-3-6-13(15)19-20-22/h3-4,6-7,12,14H,5,8-11H2,1-2H3,(H,18,23)/t14-/m1/s1. The van der Waals surface area contributed by atoms with Crippen LogP contribution in [0.3, 0.4) is 0 Å². The molecule has 7 heteroatoms. The third-order valence-electron chi connectivity index (χ3n) is 4.45. The number of carbonyl (C=O) groups is 2. The normalized spacial score (nSPS) is 16.1. The molecular weight excluding hydrogens is 306 g/mol. The summed E-state index contributed by atoms with van der Waals surface area (Å²) >= 11 is 0. The first-order chi connectivity index (χ1) is 11.5. The number of amides is 2. The number of carbonyl (C=O) groups excluding carboxylic acids is 2. The van der Waals surface area contributed by atoms with Gasteiger partial charge in [-0.3, -0.25) is 9.59 Å². The summed E-state index contributed by atoms with van der Waals surface area (Å²) in [7, 11) is 0. The van der Waals surface area contributed by atoms with Gasteiger partial charge < -0.3 is 10.2 Å². The molecule has 1 N–H and O–H groups in total. The van der Waals surface area contributed by atoms with Gasteiger partial charge in [0.2, 0.25) is 11.8 Å². The van der Waals surface area contributed by atoms with Crippen LogP contribution in [0.4, 0.5) is 0 Å². The van der Waals surface area contributed by atoms with Crippen LogP contribution in [0.5, 0.6) is 0 Å². The quantitative estimate of drug-likeness (QED) is 0.863. The number of fused-ring (bicyclic) bond motifs is 1. The molecule has 1 atom stereocenters. The maximum absolute atomic E-state index is 12.3. The lowest BCUT2D eigenvalue weighted by Crippen LogP contribution is -2.46. The zero-order valence-corrected chi connectivity index (χ0v) is 14.1. The number of nitrogens with one attached hydrogen (secondary N) is 1. The van der Waals surface area contributed by atoms with Crippen molar-refractivity contribution in [3.8, 4) is 0 Å². The lowest BCUT2D eigenvalue weighted by molar-refractivity contribution is -0.133. The highest BCUT2D eigenvalue weighted by atomic mass is 16.2. The summed E-state index contributed by atoms with van der Waals surface area (Å²) in [5.41, 5.74) is 1.79. The van der Waals surface area contributed by atoms with Crippen molar-refractivity contribution >= 4 is 22.8 Å². The second-order valence-corrected chi connectivity index (χ2v) is 6.60. The van der Waals surface area contributed by atoms with Gasteiger partial charge in [0.1, 0.15) is 5.52 Å². The first-order valence-corrected chi connectivity index (χ1v) is 8.40. The Bertz CT molecular complexity index is 739. The number of aromatic nitrogens is 3. The Morgan fingerprint density at radius 2 is 2.12 bits per heavy atom. The van der Waals surface area contributed by atoms with Crippen LogP contribution in [-0.2, 0) is 16.1 Å². The fraction of sp³-hybridized carbons (Fsp3) is 0.529. The fourth-order valence-electron chi connectivity index (χ4n) is 2.96. The molecule has 7 nitrogen and oxygen atoms in total. The third-order valence-corrected chi connectivity index (χ3v) is 4.45. The number of nitrogens with zero attached hydrogens (tertiary/aromatic N) is 4. The molecule has 0 spiro atoms. The van der Waals surface area contributed by atoms with Crippen molar-refractivity contribution in [2.75, 3.05) is 13.1 Å². The van der Waals surface area contributed by atoms with Crippen molar-refractivity contribution in [1.82, 2.24) is 25.2 Å². The first kappa shape index (κ1) is 16.4. The van der Waals surface area contributed by atoms with Gasteiger partial charge in [0.25, 0.3) is 0 Å². The van der Waals surface area contributed by atoms with Gasteiger partial charge in [0.15, 0.2) is 0 Å². The molecule has 1 aromatic heterocycles. The van der Waals surface area contributed by atoms with Gasteiger partial charge in [-0.1, -0.05) is 31.2 Å². The predicted octanol–water partition coefficient (Wildman–Crippen LogP) is 1.19. The molecule has 0 radical (unpaired) electrons. The molecule has 1 fully saturated rings. The molecule has 3 rings (SSSR count). The highest BCUT2D eigenvalue weighted by Crippen LogP contribution is 2.13. The molecule has 1 saturated heterocycles. The van der Waals surface area contributed by atoms with E-state index in [4.69, 9.17) is 0 Å². The zero-order valence-electron chi connectivity index (χ0n) is 14.1. The minimum atomic E-state index is -0.117. The molecule has 2 heterocycles. The molecule has 2 amide bonds. The SMILES string of the molecule is CC(C)[C@@H](Cn1nnc2ccccc21)NC(=O)CN1CCCC1=O. The Labute approximate surface area is 141 Å². The number of benzene rings is 1. The second kappa shape index (κ2) is 6.98. The average molecular weight is 329 g/mol. The van der Waals surface area contributed by atoms with Crippen LogP contribution in [0.2, 0.25) is 0 Å². The van der Waals surface area contributed by atoms with Crippen LogP contribution in [0.25, 0.3) is 11.0 Å². The summed E-state index contributed by atoms with van der Waals surface area (Å²) in [5, 5.41) is 11.4. The van der Waals surface area contributed by atoms with Crippen LogP contribution in [0.1, 0.15) is 26.7 Å². The van der Waals surface area contributed by atoms with E-state index < -0.39 is 0 Å². The molecule has 1 aliphatic heterocycles. The summed E-state index contributed by atoms with van der Waals surface area (Å²) < 4.78 is 1.82. The van der Waals surface area contributed by atoms with Crippen LogP contribution in [0.15, 0.2) is 24.3 Å². The number of hydrogen-bond acceptors (Lipinski definition) is 4. The molecular formula is C17H23N5O2. The van der Waals surface area contributed by atoms with Crippen LogP contribution in [-0.4, -0.2) is 50.8 Å². The first-order valence-electron chi connectivity index (χ1n) is 8.40. The van der Waals surface area contributed by atoms with E-state index in [0.717, 1.165) is 17.5 Å². The highest BCUT2D eigenvalue weighted by molar-refractivity contribution is 5.86. The fourth-order valence-corrected chi connectivity index (χ4v) is 2.96. The van der Waals surface area contributed by atoms with Gasteiger partial charge in [0, 0.05) is 13.0 Å². The van der Waals surface area contributed by atoms with Crippen LogP contribution < -0.4 is 5.32 Å². The average Bonchev–Trinajstić information content (AvgIpc) is 3.14. The highest BCUT2D eigenvalue weighted by Gasteiger charge is 2.24. The summed E-state index contributed by atoms with van der Waals surface area (Å²) in [6.45, 7) is 5.49. The van der Waals surface area contributed by atoms with Crippen LogP contribution >= 0.6 is 0 Å². The Morgan fingerprint density at radius 3 is 2.83 bits per heavy atom. The maximum Gasteiger partial charge on any atom is 0.239 e. The van der Waals surface area contributed by atoms with E-state index in [0.29, 0.717) is 19.5 Å². The Morgan fingerprint density at radius 1 is 1.33 bits per heavy atom. The zero-order chi connectivity index (χ0) is 17.1. The minimum absolute atomic E-state index is 0.0634. The third kappa shape index (κ3) is 3.55. The summed E-state index contributed by atoms with van der Waals surface area (Å²) in [6.07, 6.45) is 1.39. The Hall–Kier alpha value is -2.44. The van der Waals surface area contributed by atoms with E-state index in [1.54, 1.807) is 4.90 Å². The summed E-state index contributed by atoms with van der Waals surface area (Å²) in [4.78, 5) is 25.6. The summed E-state index contributed by atoms with van der Waals surface area (Å²) in [5.74, 6) is 0.188. The van der Waals surface area contributed by atoms with Crippen molar-refractivity contribution in [2.24, 2.45) is 5.92 Å². The van der Waals surface area contributed by atoms with Crippen molar-refractivity contribution in [3.05, 3.63) is 24.3 Å². The lowest BCUT2D eigenvalue weighted by Gasteiger charge is -2.24. The molecule has 1 aromatic carbocycles. The Kier molecular flexibility index (Phi) is 4.78. The predicted molar refractivity (Wildman–Crippen MR) is 90.1 cm³/mol. The molecule has 0 unspecified atom stereocenters. The van der Waals surface area contributed by atoms with E-state index in [1.165, 1.54) is 0 Å². The maximum atomic E-state index is 12.3. The monoisotopic (exact) mass is 329 g/mol. The minimum Gasteiger partial charge on any atom is -0.350 e. The van der Waals surface area contributed by atoms with E-state index in [2.05, 4.69) is 29.5 Å². The van der Waals surface area contributed by atoms with E-state index in [1.807, 2.05) is 28.9 Å². The molecule has 0 bridgehead atoms.